The van der Waals surface area contributed by atoms with Crippen LogP contribution in [0.15, 0.2) is 36.5 Å². The van der Waals surface area contributed by atoms with Gasteiger partial charge < -0.3 is 5.32 Å². The molecule has 0 unspecified atom stereocenters. The van der Waals surface area contributed by atoms with E-state index >= 15 is 0 Å². The Labute approximate surface area is 111 Å². The van der Waals surface area contributed by atoms with Gasteiger partial charge in [-0.05, 0) is 24.3 Å². The molecule has 2 aromatic rings. The van der Waals surface area contributed by atoms with Gasteiger partial charge in [0.2, 0.25) is 0 Å². The van der Waals surface area contributed by atoms with Gasteiger partial charge in [-0.2, -0.15) is 0 Å². The highest BCUT2D eigenvalue weighted by Crippen LogP contribution is 2.18. The molecule has 7 heteroatoms. The first-order valence-corrected chi connectivity index (χ1v) is 5.48. The molecule has 20 heavy (non-hydrogen) atoms. The third-order valence-corrected chi connectivity index (χ3v) is 2.45. The largest absolute Gasteiger partial charge is 0.321 e. The number of benzene rings is 1. The lowest BCUT2D eigenvalue weighted by molar-refractivity contribution is 0.102. The van der Waals surface area contributed by atoms with Crippen LogP contribution in [-0.4, -0.2) is 10.9 Å². The van der Waals surface area contributed by atoms with Crippen LogP contribution in [0.25, 0.3) is 0 Å². The lowest BCUT2D eigenvalue weighted by atomic mass is 10.2. The molecule has 0 spiro atoms. The summed E-state index contributed by atoms with van der Waals surface area (Å²) >= 11 is 0. The number of carbonyl (C=O) groups excluding carboxylic acids is 1. The lowest BCUT2D eigenvalue weighted by Crippen LogP contribution is -2.14. The Balaban J connectivity index is 2.13. The summed E-state index contributed by atoms with van der Waals surface area (Å²) < 4.78 is 50.3. The molecule has 0 radical (unpaired) electrons. The highest BCUT2D eigenvalue weighted by atomic mass is 19.3. The topological polar surface area (TPSA) is 42.0 Å². The van der Waals surface area contributed by atoms with Crippen LogP contribution in [0.3, 0.4) is 0 Å². The first-order valence-electron chi connectivity index (χ1n) is 5.48. The van der Waals surface area contributed by atoms with Crippen molar-refractivity contribution in [3.05, 3.63) is 59.4 Å². The zero-order valence-corrected chi connectivity index (χ0v) is 9.91. The standard InChI is InChI=1S/C13H8F4N2O/c14-9-3-2-8(5-10(9)15)19-13(20)11-4-1-7(6-18-11)12(16)17/h1-6,12H,(H,19,20). The predicted molar refractivity (Wildman–Crippen MR) is 63.5 cm³/mol. The first-order chi connectivity index (χ1) is 9.47. The Morgan fingerprint density at radius 1 is 1.10 bits per heavy atom. The van der Waals surface area contributed by atoms with Crippen molar-refractivity contribution in [3.63, 3.8) is 0 Å². The van der Waals surface area contributed by atoms with E-state index in [4.69, 9.17) is 0 Å². The highest BCUT2D eigenvalue weighted by Gasteiger charge is 2.12. The molecule has 0 atom stereocenters. The van der Waals surface area contributed by atoms with Gasteiger partial charge in [0.15, 0.2) is 11.6 Å². The summed E-state index contributed by atoms with van der Waals surface area (Å²) in [5, 5.41) is 2.28. The summed E-state index contributed by atoms with van der Waals surface area (Å²) in [6.45, 7) is 0. The van der Waals surface area contributed by atoms with Gasteiger partial charge >= 0.3 is 0 Å². The van der Waals surface area contributed by atoms with E-state index in [1.165, 1.54) is 6.07 Å². The van der Waals surface area contributed by atoms with E-state index in [0.717, 1.165) is 30.5 Å². The fourth-order valence-corrected chi connectivity index (χ4v) is 1.44. The van der Waals surface area contributed by atoms with Crippen LogP contribution in [0.1, 0.15) is 22.5 Å². The summed E-state index contributed by atoms with van der Waals surface area (Å²) in [7, 11) is 0. The van der Waals surface area contributed by atoms with Crippen molar-refractivity contribution in [1.82, 2.24) is 4.98 Å². The summed E-state index contributed by atoms with van der Waals surface area (Å²) in [5.74, 6) is -2.86. The summed E-state index contributed by atoms with van der Waals surface area (Å²) in [6.07, 6.45) is -1.80. The second-order valence-electron chi connectivity index (χ2n) is 3.86. The Kier molecular flexibility index (Phi) is 3.97. The molecule has 3 nitrogen and oxygen atoms in total. The molecule has 2 rings (SSSR count). The highest BCUT2D eigenvalue weighted by molar-refractivity contribution is 6.02. The molecule has 0 bridgehead atoms. The smallest absolute Gasteiger partial charge is 0.274 e. The molecule has 1 aromatic carbocycles. The molecule has 0 aliphatic carbocycles. The van der Waals surface area contributed by atoms with Crippen molar-refractivity contribution in [2.45, 2.75) is 6.43 Å². The van der Waals surface area contributed by atoms with Crippen LogP contribution in [0.5, 0.6) is 0 Å². The minimum Gasteiger partial charge on any atom is -0.321 e. The zero-order chi connectivity index (χ0) is 14.7. The van der Waals surface area contributed by atoms with Crippen molar-refractivity contribution in [3.8, 4) is 0 Å². The average molecular weight is 284 g/mol. The monoisotopic (exact) mass is 284 g/mol. The van der Waals surface area contributed by atoms with E-state index in [-0.39, 0.29) is 16.9 Å². The number of carbonyl (C=O) groups is 1. The van der Waals surface area contributed by atoms with Crippen LogP contribution in [0.4, 0.5) is 23.2 Å². The number of aromatic nitrogens is 1. The van der Waals surface area contributed by atoms with Crippen LogP contribution in [-0.2, 0) is 0 Å². The number of anilines is 1. The van der Waals surface area contributed by atoms with Gasteiger partial charge in [-0.3, -0.25) is 9.78 Å². The molecule has 0 aliphatic heterocycles. The maximum absolute atomic E-state index is 12.9. The van der Waals surface area contributed by atoms with Crippen molar-refractivity contribution >= 4 is 11.6 Å². The molecule has 0 fully saturated rings. The molecular weight excluding hydrogens is 276 g/mol. The normalized spacial score (nSPS) is 10.7. The van der Waals surface area contributed by atoms with Crippen molar-refractivity contribution < 1.29 is 22.4 Å². The number of hydrogen-bond donors (Lipinski definition) is 1. The number of amides is 1. The Hall–Kier alpha value is -2.44. The molecule has 0 saturated carbocycles. The SMILES string of the molecule is O=C(Nc1ccc(F)c(F)c1)c1ccc(C(F)F)cn1. The van der Waals surface area contributed by atoms with Crippen LogP contribution in [0, 0.1) is 11.6 Å². The van der Waals surface area contributed by atoms with E-state index in [1.54, 1.807) is 0 Å². The molecule has 1 amide bonds. The van der Waals surface area contributed by atoms with Gasteiger partial charge in [0.05, 0.1) is 0 Å². The minimum absolute atomic E-state index is 0.0358. The fraction of sp³-hybridized carbons (Fsp3) is 0.0769. The number of nitrogens with zero attached hydrogens (tertiary/aromatic N) is 1. The molecular formula is C13H8F4N2O. The van der Waals surface area contributed by atoms with E-state index < -0.39 is 24.0 Å². The Morgan fingerprint density at radius 3 is 2.40 bits per heavy atom. The third-order valence-electron chi connectivity index (χ3n) is 2.45. The number of hydrogen-bond acceptors (Lipinski definition) is 2. The second-order valence-corrected chi connectivity index (χ2v) is 3.86. The number of pyridine rings is 1. The maximum Gasteiger partial charge on any atom is 0.274 e. The van der Waals surface area contributed by atoms with Gasteiger partial charge in [0, 0.05) is 23.5 Å². The lowest BCUT2D eigenvalue weighted by Gasteiger charge is -2.06. The van der Waals surface area contributed by atoms with E-state index in [0.29, 0.717) is 0 Å². The van der Waals surface area contributed by atoms with E-state index in [1.807, 2.05) is 0 Å². The van der Waals surface area contributed by atoms with Gasteiger partial charge in [-0.15, -0.1) is 0 Å². The average Bonchev–Trinajstić information content (AvgIpc) is 2.43. The Bertz CT molecular complexity index is 629. The predicted octanol–water partition coefficient (Wildman–Crippen LogP) is 3.55. The zero-order valence-electron chi connectivity index (χ0n) is 9.91. The maximum atomic E-state index is 12.9. The quantitative estimate of drug-likeness (QED) is 0.876. The summed E-state index contributed by atoms with van der Waals surface area (Å²) in [4.78, 5) is 15.3. The molecule has 0 aliphatic rings. The van der Waals surface area contributed by atoms with Gasteiger partial charge in [-0.25, -0.2) is 17.6 Å². The first kappa shape index (κ1) is 14.0. The van der Waals surface area contributed by atoms with Crippen LogP contribution >= 0.6 is 0 Å². The minimum atomic E-state index is -2.68. The van der Waals surface area contributed by atoms with Gasteiger partial charge in [0.25, 0.3) is 12.3 Å². The molecule has 0 saturated heterocycles. The van der Waals surface area contributed by atoms with Crippen molar-refractivity contribution in [2.75, 3.05) is 5.32 Å². The van der Waals surface area contributed by atoms with Crippen LogP contribution in [0.2, 0.25) is 0 Å². The fourth-order valence-electron chi connectivity index (χ4n) is 1.44. The Morgan fingerprint density at radius 2 is 1.85 bits per heavy atom. The van der Waals surface area contributed by atoms with E-state index in [9.17, 15) is 22.4 Å². The van der Waals surface area contributed by atoms with Gasteiger partial charge in [0.1, 0.15) is 5.69 Å². The van der Waals surface area contributed by atoms with Crippen molar-refractivity contribution in [1.29, 1.82) is 0 Å². The number of rotatable bonds is 3. The molecule has 1 aromatic heterocycles. The molecule has 104 valence electrons. The van der Waals surface area contributed by atoms with Crippen LogP contribution < -0.4 is 5.32 Å². The number of halogens is 4. The molecule has 1 N–H and O–H groups in total. The van der Waals surface area contributed by atoms with Crippen molar-refractivity contribution in [2.24, 2.45) is 0 Å². The number of alkyl halides is 2. The summed E-state index contributed by atoms with van der Waals surface area (Å²) in [5.41, 5.74) is -0.387. The van der Waals surface area contributed by atoms with E-state index in [2.05, 4.69) is 10.3 Å². The summed E-state index contributed by atoms with van der Waals surface area (Å²) in [6, 6.07) is 5.03. The third kappa shape index (κ3) is 3.11. The van der Waals surface area contributed by atoms with Gasteiger partial charge in [-0.1, -0.05) is 0 Å². The molecule has 1 heterocycles. The number of nitrogens with one attached hydrogen (secondary N) is 1. The second kappa shape index (κ2) is 5.68.